The van der Waals surface area contributed by atoms with E-state index in [1.165, 1.54) is 0 Å². The molecule has 0 saturated heterocycles. The third kappa shape index (κ3) is 2.22. The Hall–Kier alpha value is -0.0400. The summed E-state index contributed by atoms with van der Waals surface area (Å²) in [5.74, 6) is 0. The fourth-order valence-electron chi connectivity index (χ4n) is 1.22. The highest BCUT2D eigenvalue weighted by Gasteiger charge is 2.20. The topological polar surface area (TPSA) is 74.6 Å². The van der Waals surface area contributed by atoms with Gasteiger partial charge in [-0.25, -0.2) is 8.42 Å². The van der Waals surface area contributed by atoms with Crippen molar-refractivity contribution in [2.24, 2.45) is 0 Å². The summed E-state index contributed by atoms with van der Waals surface area (Å²) in [6.07, 6.45) is 2.57. The molecule has 0 saturated carbocycles. The van der Waals surface area contributed by atoms with Crippen LogP contribution < -0.4 is 0 Å². The molecular weight excluding hydrogens is 200 g/mol. The van der Waals surface area contributed by atoms with E-state index in [2.05, 4.69) is 0 Å². The molecule has 0 aromatic carbocycles. The zero-order chi connectivity index (χ0) is 9.14. The summed E-state index contributed by atoms with van der Waals surface area (Å²) in [5, 5.41) is 0. The highest BCUT2D eigenvalue weighted by Crippen LogP contribution is 2.27. The zero-order valence-corrected chi connectivity index (χ0v) is 7.99. The van der Waals surface area contributed by atoms with E-state index in [1.807, 2.05) is 0 Å². The van der Waals surface area contributed by atoms with Crippen molar-refractivity contribution in [1.29, 1.82) is 0 Å². The average molecular weight is 210 g/mol. The lowest BCUT2D eigenvalue weighted by molar-refractivity contribution is 0.553. The third-order valence-electron chi connectivity index (χ3n) is 1.79. The van der Waals surface area contributed by atoms with Crippen LogP contribution in [-0.2, 0) is 22.2 Å². The average Bonchev–Trinajstić information content (AvgIpc) is 2.04. The molecule has 2 atom stereocenters. The number of hydrogen-bond acceptors (Lipinski definition) is 2. The maximum atomic E-state index is 10.7. The van der Waals surface area contributed by atoms with Crippen LogP contribution in [-0.4, -0.2) is 17.5 Å². The molecule has 0 aromatic heterocycles. The highest BCUT2D eigenvalue weighted by atomic mass is 32.2. The molecule has 2 N–H and O–H groups in total. The minimum Gasteiger partial charge on any atom is -0.302 e. The lowest BCUT2D eigenvalue weighted by Gasteiger charge is -2.14. The van der Waals surface area contributed by atoms with E-state index in [9.17, 15) is 8.42 Å². The number of rotatable bonds is 2. The first-order valence-electron chi connectivity index (χ1n) is 3.56. The summed E-state index contributed by atoms with van der Waals surface area (Å²) in [6.45, 7) is 0. The molecule has 0 spiro atoms. The van der Waals surface area contributed by atoms with E-state index < -0.39 is 22.2 Å². The lowest BCUT2D eigenvalue weighted by atomic mass is 10.1. The molecule has 70 valence electrons. The van der Waals surface area contributed by atoms with Crippen LogP contribution in [0.3, 0.4) is 0 Å². The second-order valence-electron chi connectivity index (χ2n) is 2.55. The van der Waals surface area contributed by atoms with Crippen molar-refractivity contribution in [2.75, 3.05) is 0 Å². The molecule has 0 bridgehead atoms. The standard InChI is InChI=1S/C6H10O4S2/c7-11(8)5-3-1-2-4-6(5)12(9)10/h1-4H2,(H,7,8)(H,9,10). The Morgan fingerprint density at radius 3 is 1.50 bits per heavy atom. The third-order valence-corrected chi connectivity index (χ3v) is 3.66. The van der Waals surface area contributed by atoms with Gasteiger partial charge in [0.05, 0.1) is 9.81 Å². The molecule has 1 rings (SSSR count). The molecule has 4 nitrogen and oxygen atoms in total. The van der Waals surface area contributed by atoms with Crippen molar-refractivity contribution >= 4 is 22.2 Å². The molecule has 1 aliphatic carbocycles. The predicted octanol–water partition coefficient (Wildman–Crippen LogP) is 1.22. The van der Waals surface area contributed by atoms with Crippen LogP contribution in [0, 0.1) is 0 Å². The summed E-state index contributed by atoms with van der Waals surface area (Å²) in [7, 11) is 0. The second kappa shape index (κ2) is 4.27. The molecule has 0 aliphatic heterocycles. The smallest absolute Gasteiger partial charge is 0.183 e. The largest absolute Gasteiger partial charge is 0.302 e. The van der Waals surface area contributed by atoms with Crippen LogP contribution in [0.15, 0.2) is 9.81 Å². The summed E-state index contributed by atoms with van der Waals surface area (Å²) in [5.41, 5.74) is 0. The molecule has 1 aliphatic rings. The Labute approximate surface area is 75.6 Å². The molecule has 6 heteroatoms. The van der Waals surface area contributed by atoms with Gasteiger partial charge in [-0.05, 0) is 25.7 Å². The Kier molecular flexibility index (Phi) is 3.57. The van der Waals surface area contributed by atoms with Crippen LogP contribution in [0.2, 0.25) is 0 Å². The monoisotopic (exact) mass is 210 g/mol. The Balaban J connectivity index is 2.99. The van der Waals surface area contributed by atoms with Gasteiger partial charge in [-0.1, -0.05) is 0 Å². The molecule has 0 amide bonds. The molecule has 0 aromatic rings. The van der Waals surface area contributed by atoms with E-state index >= 15 is 0 Å². The quantitative estimate of drug-likeness (QED) is 0.672. The minimum absolute atomic E-state index is 0.238. The maximum absolute atomic E-state index is 10.7. The van der Waals surface area contributed by atoms with Crippen LogP contribution >= 0.6 is 0 Å². The SMILES string of the molecule is O=S(O)C1=C(S(=O)O)CCCC1. The summed E-state index contributed by atoms with van der Waals surface area (Å²) in [6, 6.07) is 0. The van der Waals surface area contributed by atoms with E-state index in [1.54, 1.807) is 0 Å². The lowest BCUT2D eigenvalue weighted by Crippen LogP contribution is -2.08. The minimum atomic E-state index is -2.08. The Morgan fingerprint density at radius 2 is 1.25 bits per heavy atom. The second-order valence-corrected chi connectivity index (χ2v) is 4.53. The molecular formula is C6H10O4S2. The van der Waals surface area contributed by atoms with Gasteiger partial charge < -0.3 is 9.11 Å². The Morgan fingerprint density at radius 1 is 0.917 bits per heavy atom. The predicted molar refractivity (Wildman–Crippen MR) is 47.0 cm³/mol. The first kappa shape index (κ1) is 10.0. The van der Waals surface area contributed by atoms with Crippen molar-refractivity contribution in [3.05, 3.63) is 9.81 Å². The van der Waals surface area contributed by atoms with Crippen molar-refractivity contribution in [2.45, 2.75) is 25.7 Å². The van der Waals surface area contributed by atoms with Crippen molar-refractivity contribution < 1.29 is 17.5 Å². The first-order valence-corrected chi connectivity index (χ1v) is 5.78. The van der Waals surface area contributed by atoms with Crippen LogP contribution in [0.4, 0.5) is 0 Å². The van der Waals surface area contributed by atoms with Crippen LogP contribution in [0.5, 0.6) is 0 Å². The van der Waals surface area contributed by atoms with Gasteiger partial charge in [-0.15, -0.1) is 0 Å². The Bertz CT molecular complexity index is 232. The highest BCUT2D eigenvalue weighted by molar-refractivity contribution is 7.87. The van der Waals surface area contributed by atoms with Gasteiger partial charge in [0.25, 0.3) is 0 Å². The summed E-state index contributed by atoms with van der Waals surface area (Å²) >= 11 is -4.15. The van der Waals surface area contributed by atoms with Crippen molar-refractivity contribution in [3.8, 4) is 0 Å². The molecule has 0 heterocycles. The van der Waals surface area contributed by atoms with Crippen LogP contribution in [0.1, 0.15) is 25.7 Å². The number of allylic oxidation sites excluding steroid dienone is 2. The van der Waals surface area contributed by atoms with Gasteiger partial charge in [0.2, 0.25) is 0 Å². The molecule has 2 unspecified atom stereocenters. The van der Waals surface area contributed by atoms with Crippen molar-refractivity contribution in [1.82, 2.24) is 0 Å². The van der Waals surface area contributed by atoms with Gasteiger partial charge in [-0.2, -0.15) is 0 Å². The number of hydrogen-bond donors (Lipinski definition) is 2. The summed E-state index contributed by atoms with van der Waals surface area (Å²) < 4.78 is 38.9. The van der Waals surface area contributed by atoms with Gasteiger partial charge in [-0.3, -0.25) is 0 Å². The fourth-order valence-corrected chi connectivity index (χ4v) is 2.88. The normalized spacial score (nSPS) is 23.8. The molecule has 0 fully saturated rings. The maximum Gasteiger partial charge on any atom is 0.183 e. The molecule has 0 radical (unpaired) electrons. The van der Waals surface area contributed by atoms with Gasteiger partial charge in [0.15, 0.2) is 22.2 Å². The van der Waals surface area contributed by atoms with E-state index in [4.69, 9.17) is 9.11 Å². The van der Waals surface area contributed by atoms with Crippen LogP contribution in [0.25, 0.3) is 0 Å². The van der Waals surface area contributed by atoms with Gasteiger partial charge in [0, 0.05) is 0 Å². The summed E-state index contributed by atoms with van der Waals surface area (Å²) in [4.78, 5) is 0.476. The molecule has 12 heavy (non-hydrogen) atoms. The van der Waals surface area contributed by atoms with Gasteiger partial charge >= 0.3 is 0 Å². The van der Waals surface area contributed by atoms with Gasteiger partial charge in [0.1, 0.15) is 0 Å². The fraction of sp³-hybridized carbons (Fsp3) is 0.667. The zero-order valence-electron chi connectivity index (χ0n) is 6.36. The first-order chi connectivity index (χ1) is 5.63. The van der Waals surface area contributed by atoms with Crippen molar-refractivity contribution in [3.63, 3.8) is 0 Å². The van der Waals surface area contributed by atoms with E-state index in [0.717, 1.165) is 12.8 Å². The van der Waals surface area contributed by atoms with E-state index in [-0.39, 0.29) is 9.81 Å². The van der Waals surface area contributed by atoms with E-state index in [0.29, 0.717) is 12.8 Å².